The molecule has 1 heterocycles. The summed E-state index contributed by atoms with van der Waals surface area (Å²) in [7, 11) is 3.12. The van der Waals surface area contributed by atoms with Crippen LogP contribution in [0.3, 0.4) is 0 Å². The number of likely N-dealkylation sites (N-methyl/N-ethyl adjacent to an activating group) is 1. The van der Waals surface area contributed by atoms with Gasteiger partial charge in [-0.25, -0.2) is 0 Å². The molecule has 0 aliphatic heterocycles. The molecule has 0 unspecified atom stereocenters. The topological polar surface area (TPSA) is 174 Å². The highest BCUT2D eigenvalue weighted by Crippen LogP contribution is 2.53. The van der Waals surface area contributed by atoms with Crippen molar-refractivity contribution in [1.29, 1.82) is 0 Å². The number of hydrogen-bond donors (Lipinski definition) is 5. The monoisotopic (exact) mass is 465 g/mol. The number of Topliss-reactive ketones (excluding diaryl/α,β-unsaturated/α-hetero) is 2. The Labute approximate surface area is 193 Å². The van der Waals surface area contributed by atoms with E-state index in [4.69, 9.17) is 5.73 Å². The Balaban J connectivity index is 1.76. The van der Waals surface area contributed by atoms with Crippen molar-refractivity contribution in [3.63, 3.8) is 0 Å². The number of nitrogens with zero attached hydrogens (tertiary/aromatic N) is 2. The van der Waals surface area contributed by atoms with E-state index in [-0.39, 0.29) is 35.2 Å². The summed E-state index contributed by atoms with van der Waals surface area (Å²) in [4.78, 5) is 44.4. The van der Waals surface area contributed by atoms with Gasteiger partial charge >= 0.3 is 0 Å². The second kappa shape index (κ2) is 7.12. The van der Waals surface area contributed by atoms with Gasteiger partial charge in [0.15, 0.2) is 17.1 Å². The lowest BCUT2D eigenvalue weighted by Gasteiger charge is -2.50. The maximum absolute atomic E-state index is 13.7. The second-order valence-corrected chi connectivity index (χ2v) is 9.30. The lowest BCUT2D eigenvalue weighted by atomic mass is 9.57. The van der Waals surface area contributed by atoms with Gasteiger partial charge in [0.25, 0.3) is 5.91 Å². The summed E-state index contributed by atoms with van der Waals surface area (Å²) >= 11 is 0. The van der Waals surface area contributed by atoms with E-state index in [0.717, 1.165) is 0 Å². The van der Waals surface area contributed by atoms with E-state index in [2.05, 4.69) is 4.98 Å². The number of carbonyl (C=O) groups is 3. The number of nitrogens with two attached hydrogens (primary N) is 1. The number of primary amides is 1. The number of rotatable bonds is 2. The van der Waals surface area contributed by atoms with E-state index in [1.165, 1.54) is 11.1 Å². The fourth-order valence-electron chi connectivity index (χ4n) is 5.84. The minimum Gasteiger partial charge on any atom is -0.508 e. The number of fused-ring (bicyclic) bond motifs is 4. The van der Waals surface area contributed by atoms with E-state index < -0.39 is 58.0 Å². The summed E-state index contributed by atoms with van der Waals surface area (Å²) in [5, 5.41) is 45.0. The molecule has 0 saturated heterocycles. The summed E-state index contributed by atoms with van der Waals surface area (Å²) in [6, 6.07) is 4.14. The molecule has 1 aromatic heterocycles. The molecule has 0 radical (unpaired) electrons. The molecule has 3 aliphatic carbocycles. The lowest BCUT2D eigenvalue weighted by Crippen LogP contribution is -2.65. The number of hydrogen-bond acceptors (Lipinski definition) is 9. The summed E-state index contributed by atoms with van der Waals surface area (Å²) < 4.78 is 0. The average molecular weight is 465 g/mol. The number of phenols is 1. The second-order valence-electron chi connectivity index (χ2n) is 9.30. The highest BCUT2D eigenvalue weighted by molar-refractivity contribution is 6.24. The molecule has 1 saturated carbocycles. The van der Waals surface area contributed by atoms with E-state index in [9.17, 15) is 34.8 Å². The van der Waals surface area contributed by atoms with Gasteiger partial charge < -0.3 is 26.2 Å². The molecule has 3 aliphatic rings. The molecule has 10 nitrogen and oxygen atoms in total. The number of aromatic hydroxyl groups is 1. The predicted octanol–water partition coefficient (Wildman–Crippen LogP) is 0.512. The standard InChI is InChI=1S/C24H23N3O7/c1-27(2)17-12-8-11-7-10-6-9-4-3-5-26-16(9)19(29)13(10)18(28)14(11)21(31)24(12,34)22(32)15(20(17)30)23(25)33/h3-6,11-12,17,28-29,32,34H,7-8H2,1-2H3,(H2,25,33)/t11-,12-,17-,24-/m0/s1. The number of pyridine rings is 1. The number of amides is 1. The van der Waals surface area contributed by atoms with Crippen LogP contribution in [-0.2, 0) is 20.8 Å². The number of aromatic nitrogens is 1. The summed E-state index contributed by atoms with van der Waals surface area (Å²) in [6.45, 7) is 0. The molecule has 176 valence electrons. The SMILES string of the molecule is CN(C)[C@@H]1C(=O)C(C(N)=O)=C(O)[C@@]2(O)C(=O)C3=C(O)c4c(cc5cccnc5c4O)C[C@H]3C[C@@H]12. The van der Waals surface area contributed by atoms with Crippen LogP contribution >= 0.6 is 0 Å². The van der Waals surface area contributed by atoms with Gasteiger partial charge in [0.2, 0.25) is 5.78 Å². The normalized spacial score (nSPS) is 28.8. The molecule has 6 N–H and O–H groups in total. The van der Waals surface area contributed by atoms with Gasteiger partial charge in [-0.2, -0.15) is 0 Å². The zero-order valence-electron chi connectivity index (χ0n) is 18.4. The van der Waals surface area contributed by atoms with Crippen LogP contribution in [0, 0.1) is 11.8 Å². The Kier molecular flexibility index (Phi) is 4.62. The summed E-state index contributed by atoms with van der Waals surface area (Å²) in [5.74, 6) is -6.71. The van der Waals surface area contributed by atoms with E-state index >= 15 is 0 Å². The van der Waals surface area contributed by atoms with Crippen LogP contribution in [0.15, 0.2) is 41.3 Å². The zero-order chi connectivity index (χ0) is 24.7. The first-order valence-electron chi connectivity index (χ1n) is 10.7. The third-order valence-corrected chi connectivity index (χ3v) is 7.28. The fourth-order valence-corrected chi connectivity index (χ4v) is 5.84. The highest BCUT2D eigenvalue weighted by Gasteiger charge is 2.64. The minimum atomic E-state index is -2.64. The number of phenolic OH excluding ortho intramolecular Hbond substituents is 1. The number of ketones is 2. The number of aliphatic hydroxyl groups excluding tert-OH is 2. The Morgan fingerprint density at radius 3 is 2.59 bits per heavy atom. The molecule has 1 fully saturated rings. The molecule has 0 spiro atoms. The Morgan fingerprint density at radius 1 is 1.24 bits per heavy atom. The minimum absolute atomic E-state index is 0.0301. The first-order valence-corrected chi connectivity index (χ1v) is 10.7. The Hall–Kier alpha value is -3.76. The predicted molar refractivity (Wildman–Crippen MR) is 120 cm³/mol. The van der Waals surface area contributed by atoms with Crippen LogP contribution in [0.25, 0.3) is 16.7 Å². The quantitative estimate of drug-likeness (QED) is 0.396. The van der Waals surface area contributed by atoms with Crippen LogP contribution < -0.4 is 5.73 Å². The molecular formula is C24H23N3O7. The molecular weight excluding hydrogens is 442 g/mol. The van der Waals surface area contributed by atoms with E-state index in [1.54, 1.807) is 32.3 Å². The Bertz CT molecular complexity index is 1380. The van der Waals surface area contributed by atoms with Gasteiger partial charge in [-0.05, 0) is 50.6 Å². The number of aliphatic hydroxyl groups is 3. The number of benzene rings is 1. The van der Waals surface area contributed by atoms with Crippen molar-refractivity contribution < 1.29 is 34.8 Å². The molecule has 34 heavy (non-hydrogen) atoms. The molecule has 5 rings (SSSR count). The van der Waals surface area contributed by atoms with Crippen molar-refractivity contribution in [2.24, 2.45) is 17.6 Å². The van der Waals surface area contributed by atoms with Crippen molar-refractivity contribution in [1.82, 2.24) is 9.88 Å². The molecule has 4 atom stereocenters. The zero-order valence-corrected chi connectivity index (χ0v) is 18.4. The van der Waals surface area contributed by atoms with Crippen molar-refractivity contribution in [3.8, 4) is 5.75 Å². The van der Waals surface area contributed by atoms with Gasteiger partial charge in [0, 0.05) is 23.1 Å². The number of carbonyl (C=O) groups excluding carboxylic acids is 3. The van der Waals surface area contributed by atoms with Crippen molar-refractivity contribution in [2.75, 3.05) is 14.1 Å². The van der Waals surface area contributed by atoms with Crippen molar-refractivity contribution in [3.05, 3.63) is 52.4 Å². The van der Waals surface area contributed by atoms with Gasteiger partial charge in [-0.15, -0.1) is 0 Å². The highest BCUT2D eigenvalue weighted by atomic mass is 16.3. The smallest absolute Gasteiger partial charge is 0.255 e. The van der Waals surface area contributed by atoms with Gasteiger partial charge in [0.1, 0.15) is 22.6 Å². The maximum atomic E-state index is 13.7. The molecule has 0 bridgehead atoms. The van der Waals surface area contributed by atoms with E-state index in [0.29, 0.717) is 10.9 Å². The van der Waals surface area contributed by atoms with Crippen LogP contribution in [0.5, 0.6) is 5.75 Å². The fraction of sp³-hybridized carbons (Fsp3) is 0.333. The average Bonchev–Trinajstić information content (AvgIpc) is 2.76. The van der Waals surface area contributed by atoms with Crippen LogP contribution in [-0.4, -0.2) is 73.5 Å². The van der Waals surface area contributed by atoms with Gasteiger partial charge in [-0.1, -0.05) is 6.07 Å². The van der Waals surface area contributed by atoms with Gasteiger partial charge in [-0.3, -0.25) is 24.3 Å². The Morgan fingerprint density at radius 2 is 1.94 bits per heavy atom. The van der Waals surface area contributed by atoms with Crippen LogP contribution in [0.4, 0.5) is 0 Å². The first kappa shape index (κ1) is 22.1. The van der Waals surface area contributed by atoms with E-state index in [1.807, 2.05) is 0 Å². The molecule has 1 amide bonds. The molecule has 1 aromatic carbocycles. The molecule has 2 aromatic rings. The summed E-state index contributed by atoms with van der Waals surface area (Å²) in [5.41, 5.74) is 2.51. The third-order valence-electron chi connectivity index (χ3n) is 7.28. The third kappa shape index (κ3) is 2.63. The van der Waals surface area contributed by atoms with Crippen molar-refractivity contribution in [2.45, 2.75) is 24.5 Å². The maximum Gasteiger partial charge on any atom is 0.255 e. The first-order chi connectivity index (χ1) is 16.0. The lowest BCUT2D eigenvalue weighted by molar-refractivity contribution is -0.153. The molecule has 10 heteroatoms. The largest absolute Gasteiger partial charge is 0.508 e. The van der Waals surface area contributed by atoms with Crippen molar-refractivity contribution >= 4 is 34.1 Å². The van der Waals surface area contributed by atoms with Crippen LogP contribution in [0.1, 0.15) is 17.5 Å². The summed E-state index contributed by atoms with van der Waals surface area (Å²) in [6.07, 6.45) is 1.78. The van der Waals surface area contributed by atoms with Crippen LogP contribution in [0.2, 0.25) is 0 Å². The van der Waals surface area contributed by atoms with Gasteiger partial charge in [0.05, 0.1) is 11.6 Å².